The van der Waals surface area contributed by atoms with E-state index in [9.17, 15) is 4.79 Å². The Morgan fingerprint density at radius 1 is 1.22 bits per heavy atom. The van der Waals surface area contributed by atoms with Crippen molar-refractivity contribution in [3.63, 3.8) is 0 Å². The predicted molar refractivity (Wildman–Crippen MR) is 93.1 cm³/mol. The van der Waals surface area contributed by atoms with Crippen molar-refractivity contribution in [2.24, 2.45) is 5.92 Å². The van der Waals surface area contributed by atoms with Crippen molar-refractivity contribution < 1.29 is 9.47 Å². The van der Waals surface area contributed by atoms with Gasteiger partial charge in [0.25, 0.3) is 5.56 Å². The van der Waals surface area contributed by atoms with Gasteiger partial charge in [-0.05, 0) is 42.8 Å². The molecule has 124 valence electrons. The quantitative estimate of drug-likeness (QED) is 0.795. The minimum atomic E-state index is -0.162. The van der Waals surface area contributed by atoms with Gasteiger partial charge in [-0.25, -0.2) is 0 Å². The Morgan fingerprint density at radius 2 is 1.96 bits per heavy atom. The SMILES string of the molecule is COc1cc(Cc2c(C)[nH]c(=S)[nH]c2=O)ccc1OCC(C)C. The second-order valence-corrected chi connectivity index (χ2v) is 6.29. The number of hydrogen-bond donors (Lipinski definition) is 2. The van der Waals surface area contributed by atoms with Gasteiger partial charge in [0.05, 0.1) is 13.7 Å². The minimum absolute atomic E-state index is 0.162. The van der Waals surface area contributed by atoms with Gasteiger partial charge in [-0.3, -0.25) is 9.78 Å². The molecule has 0 fully saturated rings. The summed E-state index contributed by atoms with van der Waals surface area (Å²) in [5.74, 6) is 1.82. The van der Waals surface area contributed by atoms with Gasteiger partial charge < -0.3 is 14.5 Å². The van der Waals surface area contributed by atoms with Crippen LogP contribution in [0.15, 0.2) is 23.0 Å². The molecule has 6 heteroatoms. The first kappa shape index (κ1) is 17.3. The number of benzene rings is 1. The minimum Gasteiger partial charge on any atom is -0.493 e. The predicted octanol–water partition coefficient (Wildman–Crippen LogP) is 3.38. The number of H-pyrrole nitrogens is 2. The highest BCUT2D eigenvalue weighted by Gasteiger charge is 2.10. The summed E-state index contributed by atoms with van der Waals surface area (Å²) in [6.07, 6.45) is 0.494. The lowest BCUT2D eigenvalue weighted by molar-refractivity contribution is 0.257. The molecule has 0 aliphatic carbocycles. The van der Waals surface area contributed by atoms with Crippen LogP contribution in [-0.2, 0) is 6.42 Å². The highest BCUT2D eigenvalue weighted by atomic mass is 32.1. The second kappa shape index (κ2) is 7.46. The van der Waals surface area contributed by atoms with Crippen LogP contribution in [0.5, 0.6) is 11.5 Å². The van der Waals surface area contributed by atoms with Crippen molar-refractivity contribution in [3.05, 3.63) is 50.1 Å². The molecule has 5 nitrogen and oxygen atoms in total. The first-order valence-electron chi connectivity index (χ1n) is 7.52. The second-order valence-electron chi connectivity index (χ2n) is 5.88. The Bertz CT molecular complexity index is 793. The number of aromatic nitrogens is 2. The number of methoxy groups -OCH3 is 1. The molecule has 0 bridgehead atoms. The lowest BCUT2D eigenvalue weighted by atomic mass is 10.0. The number of aryl methyl sites for hydroxylation is 1. The fourth-order valence-electron chi connectivity index (χ4n) is 2.24. The van der Waals surface area contributed by atoms with Crippen LogP contribution in [0.3, 0.4) is 0 Å². The fourth-order valence-corrected chi connectivity index (χ4v) is 2.49. The van der Waals surface area contributed by atoms with Crippen molar-refractivity contribution in [2.75, 3.05) is 13.7 Å². The van der Waals surface area contributed by atoms with Crippen molar-refractivity contribution in [2.45, 2.75) is 27.2 Å². The first-order valence-corrected chi connectivity index (χ1v) is 7.93. The van der Waals surface area contributed by atoms with Crippen molar-refractivity contribution in [1.29, 1.82) is 0 Å². The lowest BCUT2D eigenvalue weighted by Gasteiger charge is -2.14. The molecule has 0 spiro atoms. The number of ether oxygens (including phenoxy) is 2. The van der Waals surface area contributed by atoms with Crippen LogP contribution in [0, 0.1) is 17.6 Å². The molecule has 2 N–H and O–H groups in total. The van der Waals surface area contributed by atoms with Gasteiger partial charge in [0.2, 0.25) is 0 Å². The molecule has 0 aliphatic rings. The van der Waals surface area contributed by atoms with Gasteiger partial charge in [-0.15, -0.1) is 0 Å². The van der Waals surface area contributed by atoms with Gasteiger partial charge >= 0.3 is 0 Å². The zero-order valence-corrected chi connectivity index (χ0v) is 14.7. The Hall–Kier alpha value is -2.08. The fraction of sp³-hybridized carbons (Fsp3) is 0.412. The van der Waals surface area contributed by atoms with E-state index in [1.807, 2.05) is 25.1 Å². The van der Waals surface area contributed by atoms with Crippen molar-refractivity contribution in [1.82, 2.24) is 9.97 Å². The Labute approximate surface area is 140 Å². The molecule has 0 amide bonds. The Balaban J connectivity index is 2.28. The summed E-state index contributed by atoms with van der Waals surface area (Å²) >= 11 is 4.97. The standard InChI is InChI=1S/C17H22N2O3S/c1-10(2)9-22-14-6-5-12(8-15(14)21-4)7-13-11(3)18-17(23)19-16(13)20/h5-6,8,10H,7,9H2,1-4H3,(H2,18,19,20,23). The van der Waals surface area contributed by atoms with Crippen molar-refractivity contribution >= 4 is 12.2 Å². The lowest BCUT2D eigenvalue weighted by Crippen LogP contribution is -2.16. The van der Waals surface area contributed by atoms with Crippen molar-refractivity contribution in [3.8, 4) is 11.5 Å². The first-order chi connectivity index (χ1) is 10.9. The molecule has 1 heterocycles. The van der Waals surface area contributed by atoms with Gasteiger partial charge in [-0.2, -0.15) is 0 Å². The summed E-state index contributed by atoms with van der Waals surface area (Å²) in [7, 11) is 1.61. The van der Waals surface area contributed by atoms with E-state index >= 15 is 0 Å². The molecule has 0 radical (unpaired) electrons. The zero-order chi connectivity index (χ0) is 17.0. The molecule has 2 aromatic rings. The van der Waals surface area contributed by atoms with Gasteiger partial charge in [0.1, 0.15) is 0 Å². The largest absolute Gasteiger partial charge is 0.493 e. The van der Waals surface area contributed by atoms with Crippen LogP contribution in [0.2, 0.25) is 0 Å². The van der Waals surface area contributed by atoms with Gasteiger partial charge in [0, 0.05) is 17.7 Å². The molecular formula is C17H22N2O3S. The van der Waals surface area contributed by atoms with E-state index in [4.69, 9.17) is 21.7 Å². The van der Waals surface area contributed by atoms with E-state index in [2.05, 4.69) is 23.8 Å². The molecular weight excluding hydrogens is 312 g/mol. The molecule has 1 aromatic carbocycles. The summed E-state index contributed by atoms with van der Waals surface area (Å²) in [6, 6.07) is 5.72. The maximum atomic E-state index is 12.1. The van der Waals surface area contributed by atoms with E-state index < -0.39 is 0 Å². The van der Waals surface area contributed by atoms with Crippen LogP contribution >= 0.6 is 12.2 Å². The average molecular weight is 334 g/mol. The monoisotopic (exact) mass is 334 g/mol. The molecule has 2 rings (SSSR count). The van der Waals surface area contributed by atoms with E-state index in [1.165, 1.54) is 0 Å². The Morgan fingerprint density at radius 3 is 2.57 bits per heavy atom. The molecule has 1 aromatic heterocycles. The molecule has 0 aliphatic heterocycles. The topological polar surface area (TPSA) is 67.1 Å². The zero-order valence-electron chi connectivity index (χ0n) is 13.9. The van der Waals surface area contributed by atoms with E-state index in [1.54, 1.807) is 7.11 Å². The molecule has 0 saturated heterocycles. The van der Waals surface area contributed by atoms with Gasteiger partial charge in [0.15, 0.2) is 16.3 Å². The number of nitrogens with one attached hydrogen (secondary N) is 2. The normalized spacial score (nSPS) is 10.8. The number of aromatic amines is 2. The third-order valence-corrected chi connectivity index (χ3v) is 3.64. The highest BCUT2D eigenvalue weighted by Crippen LogP contribution is 2.29. The Kier molecular flexibility index (Phi) is 5.60. The van der Waals surface area contributed by atoms with E-state index in [-0.39, 0.29) is 5.56 Å². The van der Waals surface area contributed by atoms with E-state index in [0.717, 1.165) is 11.3 Å². The summed E-state index contributed by atoms with van der Waals surface area (Å²) in [5, 5.41) is 0. The van der Waals surface area contributed by atoms with Crippen LogP contribution in [0.4, 0.5) is 0 Å². The molecule has 0 atom stereocenters. The molecule has 23 heavy (non-hydrogen) atoms. The number of rotatable bonds is 6. The molecule has 0 saturated carbocycles. The average Bonchev–Trinajstić information content (AvgIpc) is 2.49. The maximum absolute atomic E-state index is 12.1. The smallest absolute Gasteiger partial charge is 0.255 e. The third kappa shape index (κ3) is 4.45. The summed E-state index contributed by atoms with van der Waals surface area (Å²) in [4.78, 5) is 17.7. The summed E-state index contributed by atoms with van der Waals surface area (Å²) in [6.45, 7) is 6.66. The van der Waals surface area contributed by atoms with Gasteiger partial charge in [-0.1, -0.05) is 19.9 Å². The maximum Gasteiger partial charge on any atom is 0.255 e. The van der Waals surface area contributed by atoms with Crippen LogP contribution < -0.4 is 15.0 Å². The summed E-state index contributed by atoms with van der Waals surface area (Å²) in [5.41, 5.74) is 2.25. The van der Waals surface area contributed by atoms with Crippen LogP contribution in [-0.4, -0.2) is 23.7 Å². The van der Waals surface area contributed by atoms with E-state index in [0.29, 0.717) is 40.8 Å². The summed E-state index contributed by atoms with van der Waals surface area (Å²) < 4.78 is 11.5. The highest BCUT2D eigenvalue weighted by molar-refractivity contribution is 7.71. The van der Waals surface area contributed by atoms with Crippen LogP contribution in [0.25, 0.3) is 0 Å². The number of hydrogen-bond acceptors (Lipinski definition) is 4. The third-order valence-electron chi connectivity index (χ3n) is 3.44. The molecule has 0 unspecified atom stereocenters. The van der Waals surface area contributed by atoms with Crippen LogP contribution in [0.1, 0.15) is 30.7 Å².